The van der Waals surface area contributed by atoms with Gasteiger partial charge in [-0.2, -0.15) is 0 Å². The standard InChI is InChI=1S/C24H30ClFN4O/c1-29(14-17-7-3-2-4-8-17)24(31)19-13-27-28-23(19)18-9-6-12-30(15-18)16-20-21(25)10-5-11-22(20)26/h2-5,7-8,10-11,18-19,23,27-28H,6,9,12-16H2,1H3. The topological polar surface area (TPSA) is 47.6 Å². The number of likely N-dealkylation sites (tertiary alicyclic amines) is 1. The monoisotopic (exact) mass is 444 g/mol. The molecule has 3 unspecified atom stereocenters. The van der Waals surface area contributed by atoms with E-state index in [0.29, 0.717) is 36.1 Å². The SMILES string of the molecule is CN(Cc1ccccc1)C(=O)C1CNNC1C1CCCN(Cc2c(F)cccc2Cl)C1. The first-order chi connectivity index (χ1) is 15.0. The van der Waals surface area contributed by atoms with E-state index in [1.807, 2.05) is 42.3 Å². The van der Waals surface area contributed by atoms with Gasteiger partial charge in [0.25, 0.3) is 0 Å². The minimum absolute atomic E-state index is 0.0598. The molecule has 0 radical (unpaired) electrons. The second-order valence-corrected chi connectivity index (χ2v) is 9.08. The summed E-state index contributed by atoms with van der Waals surface area (Å²) in [5.74, 6) is 0.0931. The van der Waals surface area contributed by atoms with Crippen molar-refractivity contribution in [2.75, 3.05) is 26.7 Å². The van der Waals surface area contributed by atoms with Crippen LogP contribution in [0.25, 0.3) is 0 Å². The highest BCUT2D eigenvalue weighted by molar-refractivity contribution is 6.31. The number of amides is 1. The Labute approximate surface area is 188 Å². The summed E-state index contributed by atoms with van der Waals surface area (Å²) in [6.45, 7) is 3.45. The van der Waals surface area contributed by atoms with Crippen molar-refractivity contribution in [1.29, 1.82) is 0 Å². The molecule has 0 aliphatic carbocycles. The number of benzene rings is 2. The van der Waals surface area contributed by atoms with Crippen LogP contribution < -0.4 is 10.9 Å². The highest BCUT2D eigenvalue weighted by Crippen LogP contribution is 2.29. The fourth-order valence-corrected chi connectivity index (χ4v) is 5.08. The third-order valence-electron chi connectivity index (χ3n) is 6.47. The average molecular weight is 445 g/mol. The van der Waals surface area contributed by atoms with Crippen molar-refractivity contribution in [1.82, 2.24) is 20.7 Å². The molecule has 2 aromatic rings. The number of hydrazine groups is 1. The van der Waals surface area contributed by atoms with E-state index in [4.69, 9.17) is 11.6 Å². The van der Waals surface area contributed by atoms with E-state index in [-0.39, 0.29) is 23.7 Å². The molecule has 2 aliphatic rings. The second kappa shape index (κ2) is 10.1. The van der Waals surface area contributed by atoms with Crippen molar-refractivity contribution in [2.24, 2.45) is 11.8 Å². The van der Waals surface area contributed by atoms with Gasteiger partial charge in [-0.15, -0.1) is 0 Å². The summed E-state index contributed by atoms with van der Waals surface area (Å²) in [7, 11) is 1.87. The summed E-state index contributed by atoms with van der Waals surface area (Å²) in [4.78, 5) is 17.3. The lowest BCUT2D eigenvalue weighted by atomic mass is 9.83. The molecule has 31 heavy (non-hydrogen) atoms. The van der Waals surface area contributed by atoms with Crippen LogP contribution in [0.1, 0.15) is 24.0 Å². The molecular weight excluding hydrogens is 415 g/mol. The maximum Gasteiger partial charge on any atom is 0.228 e. The first-order valence-electron chi connectivity index (χ1n) is 11.0. The number of piperidine rings is 1. The van der Waals surface area contributed by atoms with Gasteiger partial charge < -0.3 is 4.90 Å². The Kier molecular flexibility index (Phi) is 7.23. The van der Waals surface area contributed by atoms with Crippen LogP contribution in [0.15, 0.2) is 48.5 Å². The molecule has 2 aromatic carbocycles. The molecule has 0 aromatic heterocycles. The van der Waals surface area contributed by atoms with Crippen LogP contribution >= 0.6 is 11.6 Å². The Morgan fingerprint density at radius 3 is 2.81 bits per heavy atom. The Morgan fingerprint density at radius 1 is 1.23 bits per heavy atom. The number of nitrogens with one attached hydrogen (secondary N) is 2. The van der Waals surface area contributed by atoms with Gasteiger partial charge in [-0.3, -0.25) is 20.5 Å². The molecule has 0 saturated carbocycles. The summed E-state index contributed by atoms with van der Waals surface area (Å²) in [5.41, 5.74) is 8.24. The minimum Gasteiger partial charge on any atom is -0.341 e. The van der Waals surface area contributed by atoms with Crippen molar-refractivity contribution in [3.05, 3.63) is 70.5 Å². The highest BCUT2D eigenvalue weighted by atomic mass is 35.5. The number of carbonyl (C=O) groups is 1. The average Bonchev–Trinajstić information content (AvgIpc) is 3.27. The number of nitrogens with zero attached hydrogens (tertiary/aromatic N) is 2. The van der Waals surface area contributed by atoms with E-state index >= 15 is 0 Å². The molecule has 4 rings (SSSR count). The summed E-state index contributed by atoms with van der Waals surface area (Å²) in [5, 5.41) is 0.471. The molecule has 7 heteroatoms. The lowest BCUT2D eigenvalue weighted by molar-refractivity contribution is -0.135. The maximum atomic E-state index is 14.3. The number of hydrogen-bond acceptors (Lipinski definition) is 4. The van der Waals surface area contributed by atoms with Crippen LogP contribution in [0.4, 0.5) is 4.39 Å². The lowest BCUT2D eigenvalue weighted by Gasteiger charge is -2.37. The minimum atomic E-state index is -0.258. The van der Waals surface area contributed by atoms with Gasteiger partial charge in [0.2, 0.25) is 5.91 Å². The van der Waals surface area contributed by atoms with Crippen LogP contribution in [0.3, 0.4) is 0 Å². The van der Waals surface area contributed by atoms with Crippen LogP contribution in [0.5, 0.6) is 0 Å². The Morgan fingerprint density at radius 2 is 2.03 bits per heavy atom. The number of hydrogen-bond donors (Lipinski definition) is 2. The number of carbonyl (C=O) groups excluding carboxylic acids is 1. The maximum absolute atomic E-state index is 14.3. The number of rotatable bonds is 6. The van der Waals surface area contributed by atoms with Crippen molar-refractivity contribution in [2.45, 2.75) is 32.0 Å². The highest BCUT2D eigenvalue weighted by Gasteiger charge is 2.40. The Bertz CT molecular complexity index is 876. The Balaban J connectivity index is 1.40. The van der Waals surface area contributed by atoms with E-state index < -0.39 is 0 Å². The zero-order valence-corrected chi connectivity index (χ0v) is 18.6. The van der Waals surface area contributed by atoms with Gasteiger partial charge in [0.1, 0.15) is 5.82 Å². The fraction of sp³-hybridized carbons (Fsp3) is 0.458. The largest absolute Gasteiger partial charge is 0.341 e. The molecule has 1 amide bonds. The van der Waals surface area contributed by atoms with Gasteiger partial charge in [0, 0.05) is 49.9 Å². The first kappa shape index (κ1) is 22.2. The van der Waals surface area contributed by atoms with Gasteiger partial charge >= 0.3 is 0 Å². The van der Waals surface area contributed by atoms with Crippen molar-refractivity contribution < 1.29 is 9.18 Å². The van der Waals surface area contributed by atoms with E-state index in [1.165, 1.54) is 6.07 Å². The summed E-state index contributed by atoms with van der Waals surface area (Å²) in [6, 6.07) is 14.9. The summed E-state index contributed by atoms with van der Waals surface area (Å²) in [6.07, 6.45) is 2.07. The molecule has 2 heterocycles. The zero-order chi connectivity index (χ0) is 21.8. The third-order valence-corrected chi connectivity index (χ3v) is 6.83. The molecular formula is C24H30ClFN4O. The van der Waals surface area contributed by atoms with Crippen LogP contribution in [0.2, 0.25) is 5.02 Å². The van der Waals surface area contributed by atoms with Gasteiger partial charge in [-0.25, -0.2) is 4.39 Å². The quantitative estimate of drug-likeness (QED) is 0.716. The molecule has 2 N–H and O–H groups in total. The summed E-state index contributed by atoms with van der Waals surface area (Å²) >= 11 is 6.24. The molecule has 5 nitrogen and oxygen atoms in total. The molecule has 0 spiro atoms. The third kappa shape index (κ3) is 5.26. The number of halogens is 2. The van der Waals surface area contributed by atoms with Gasteiger partial charge in [-0.05, 0) is 43.0 Å². The first-order valence-corrected chi connectivity index (χ1v) is 11.3. The van der Waals surface area contributed by atoms with E-state index in [2.05, 4.69) is 15.8 Å². The van der Waals surface area contributed by atoms with Crippen LogP contribution in [0, 0.1) is 17.7 Å². The van der Waals surface area contributed by atoms with E-state index in [9.17, 15) is 9.18 Å². The van der Waals surface area contributed by atoms with Gasteiger partial charge in [-0.1, -0.05) is 48.0 Å². The molecule has 2 fully saturated rings. The van der Waals surface area contributed by atoms with Gasteiger partial charge in [0.15, 0.2) is 0 Å². The molecule has 2 aliphatic heterocycles. The van der Waals surface area contributed by atoms with E-state index in [1.54, 1.807) is 12.1 Å². The lowest BCUT2D eigenvalue weighted by Crippen LogP contribution is -2.49. The molecule has 3 atom stereocenters. The predicted molar refractivity (Wildman–Crippen MR) is 121 cm³/mol. The molecule has 2 saturated heterocycles. The zero-order valence-electron chi connectivity index (χ0n) is 17.9. The molecule has 0 bridgehead atoms. The normalized spacial score (nSPS) is 24.3. The van der Waals surface area contributed by atoms with Crippen LogP contribution in [-0.2, 0) is 17.9 Å². The molecule has 166 valence electrons. The van der Waals surface area contributed by atoms with Crippen molar-refractivity contribution in [3.8, 4) is 0 Å². The fourth-order valence-electron chi connectivity index (χ4n) is 4.85. The van der Waals surface area contributed by atoms with Crippen LogP contribution in [-0.4, -0.2) is 48.4 Å². The van der Waals surface area contributed by atoms with Crippen molar-refractivity contribution in [3.63, 3.8) is 0 Å². The Hall–Kier alpha value is -1.99. The van der Waals surface area contributed by atoms with Crippen molar-refractivity contribution >= 4 is 17.5 Å². The summed E-state index contributed by atoms with van der Waals surface area (Å²) < 4.78 is 14.3. The van der Waals surface area contributed by atoms with Gasteiger partial charge in [0.05, 0.1) is 5.92 Å². The smallest absolute Gasteiger partial charge is 0.228 e. The second-order valence-electron chi connectivity index (χ2n) is 8.68. The predicted octanol–water partition coefficient (Wildman–Crippen LogP) is 3.44. The van der Waals surface area contributed by atoms with E-state index in [0.717, 1.165) is 31.5 Å².